The summed E-state index contributed by atoms with van der Waals surface area (Å²) in [6, 6.07) is 7.74. The van der Waals surface area contributed by atoms with Crippen LogP contribution in [0, 0.1) is 5.82 Å². The van der Waals surface area contributed by atoms with Crippen molar-refractivity contribution in [3.8, 4) is 11.1 Å². The van der Waals surface area contributed by atoms with Crippen LogP contribution in [0.15, 0.2) is 41.0 Å². The van der Waals surface area contributed by atoms with Crippen molar-refractivity contribution in [1.29, 1.82) is 0 Å². The quantitative estimate of drug-likeness (QED) is 0.925. The lowest BCUT2D eigenvalue weighted by Gasteiger charge is -2.37. The van der Waals surface area contributed by atoms with E-state index in [1.54, 1.807) is 36.9 Å². The van der Waals surface area contributed by atoms with Crippen LogP contribution >= 0.6 is 0 Å². The molecular formula is C19H23FN2O3. The Labute approximate surface area is 146 Å². The monoisotopic (exact) mass is 346 g/mol. The van der Waals surface area contributed by atoms with Gasteiger partial charge in [0.15, 0.2) is 5.76 Å². The van der Waals surface area contributed by atoms with E-state index in [2.05, 4.69) is 4.90 Å². The molecule has 1 aliphatic heterocycles. The van der Waals surface area contributed by atoms with Crippen molar-refractivity contribution in [2.75, 3.05) is 32.7 Å². The van der Waals surface area contributed by atoms with Gasteiger partial charge in [-0.2, -0.15) is 0 Å². The number of halogens is 1. The molecule has 1 amide bonds. The predicted molar refractivity (Wildman–Crippen MR) is 92.7 cm³/mol. The molecule has 0 unspecified atom stereocenters. The first kappa shape index (κ1) is 17.6. The second kappa shape index (κ2) is 6.98. The largest absolute Gasteiger partial charge is 0.459 e. The number of nitrogens with zero attached hydrogens (tertiary/aromatic N) is 2. The zero-order chi connectivity index (χ0) is 18.0. The number of furan rings is 1. The Morgan fingerprint density at radius 2 is 1.80 bits per heavy atom. The number of rotatable bonds is 4. The Bertz CT molecular complexity index is 726. The molecule has 0 bridgehead atoms. The van der Waals surface area contributed by atoms with Crippen LogP contribution in [0.4, 0.5) is 4.39 Å². The van der Waals surface area contributed by atoms with E-state index in [-0.39, 0.29) is 17.5 Å². The zero-order valence-electron chi connectivity index (χ0n) is 14.5. The maximum absolute atomic E-state index is 13.1. The van der Waals surface area contributed by atoms with E-state index in [9.17, 15) is 14.3 Å². The highest BCUT2D eigenvalue weighted by Gasteiger charge is 2.28. The van der Waals surface area contributed by atoms with E-state index >= 15 is 0 Å². The van der Waals surface area contributed by atoms with E-state index in [0.717, 1.165) is 5.56 Å². The molecule has 1 fully saturated rings. The summed E-state index contributed by atoms with van der Waals surface area (Å²) in [5.41, 5.74) is 0.672. The minimum Gasteiger partial charge on any atom is -0.459 e. The highest BCUT2D eigenvalue weighted by molar-refractivity contribution is 5.98. The molecule has 0 atom stereocenters. The molecule has 1 aromatic heterocycles. The third-order valence-corrected chi connectivity index (χ3v) is 4.28. The van der Waals surface area contributed by atoms with E-state index in [1.165, 1.54) is 18.4 Å². The molecule has 0 radical (unpaired) electrons. The van der Waals surface area contributed by atoms with Gasteiger partial charge in [0.1, 0.15) is 5.82 Å². The van der Waals surface area contributed by atoms with Gasteiger partial charge in [-0.15, -0.1) is 0 Å². The standard InChI is InChI=1S/C19H23FN2O3/c1-19(2,24)13-21-8-10-22(11-9-21)18(23)17-16(7-12-25-17)14-3-5-15(20)6-4-14/h3-7,12,24H,8-11,13H2,1-2H3. The average Bonchev–Trinajstić information content (AvgIpc) is 3.04. The van der Waals surface area contributed by atoms with Crippen molar-refractivity contribution in [3.05, 3.63) is 48.2 Å². The summed E-state index contributed by atoms with van der Waals surface area (Å²) < 4.78 is 18.5. The van der Waals surface area contributed by atoms with Crippen LogP contribution < -0.4 is 0 Å². The summed E-state index contributed by atoms with van der Waals surface area (Å²) in [6.07, 6.45) is 1.48. The van der Waals surface area contributed by atoms with Crippen LogP contribution in [-0.4, -0.2) is 59.1 Å². The SMILES string of the molecule is CC(C)(O)CN1CCN(C(=O)c2occc2-c2ccc(F)cc2)CC1. The van der Waals surface area contributed by atoms with E-state index in [1.807, 2.05) is 0 Å². The van der Waals surface area contributed by atoms with Crippen LogP contribution in [0.1, 0.15) is 24.4 Å². The molecule has 0 spiro atoms. The van der Waals surface area contributed by atoms with Crippen molar-refractivity contribution in [2.24, 2.45) is 0 Å². The number of amides is 1. The van der Waals surface area contributed by atoms with Gasteiger partial charge in [-0.1, -0.05) is 12.1 Å². The van der Waals surface area contributed by atoms with Gasteiger partial charge >= 0.3 is 0 Å². The molecule has 6 heteroatoms. The third-order valence-electron chi connectivity index (χ3n) is 4.28. The first-order valence-electron chi connectivity index (χ1n) is 8.41. The van der Waals surface area contributed by atoms with Gasteiger partial charge < -0.3 is 14.4 Å². The van der Waals surface area contributed by atoms with Gasteiger partial charge in [0, 0.05) is 38.3 Å². The summed E-state index contributed by atoms with van der Waals surface area (Å²) in [4.78, 5) is 16.7. The minimum absolute atomic E-state index is 0.160. The summed E-state index contributed by atoms with van der Waals surface area (Å²) in [5, 5.41) is 9.91. The summed E-state index contributed by atoms with van der Waals surface area (Å²) in [7, 11) is 0. The molecule has 0 saturated carbocycles. The predicted octanol–water partition coefficient (Wildman–Crippen LogP) is 2.61. The Kier molecular flexibility index (Phi) is 4.92. The highest BCUT2D eigenvalue weighted by atomic mass is 19.1. The van der Waals surface area contributed by atoms with Crippen molar-refractivity contribution >= 4 is 5.91 Å². The van der Waals surface area contributed by atoms with Gasteiger partial charge in [-0.25, -0.2) is 4.39 Å². The molecule has 2 heterocycles. The third kappa shape index (κ3) is 4.27. The molecule has 134 valence electrons. The Balaban J connectivity index is 1.69. The topological polar surface area (TPSA) is 56.9 Å². The number of hydrogen-bond donors (Lipinski definition) is 1. The van der Waals surface area contributed by atoms with Crippen LogP contribution in [-0.2, 0) is 0 Å². The molecule has 1 N–H and O–H groups in total. The van der Waals surface area contributed by atoms with Gasteiger partial charge in [-0.05, 0) is 37.6 Å². The summed E-state index contributed by atoms with van der Waals surface area (Å²) in [5.74, 6) is -0.196. The molecule has 1 aromatic carbocycles. The molecule has 25 heavy (non-hydrogen) atoms. The van der Waals surface area contributed by atoms with Gasteiger partial charge in [0.2, 0.25) is 0 Å². The minimum atomic E-state index is -0.747. The lowest BCUT2D eigenvalue weighted by Crippen LogP contribution is -2.52. The Morgan fingerprint density at radius 1 is 1.16 bits per heavy atom. The second-order valence-corrected chi connectivity index (χ2v) is 7.05. The fourth-order valence-corrected chi connectivity index (χ4v) is 3.13. The molecule has 2 aromatic rings. The average molecular weight is 346 g/mol. The van der Waals surface area contributed by atoms with Crippen LogP contribution in [0.25, 0.3) is 11.1 Å². The molecule has 1 saturated heterocycles. The van der Waals surface area contributed by atoms with Crippen molar-refractivity contribution in [1.82, 2.24) is 9.80 Å². The van der Waals surface area contributed by atoms with E-state index in [4.69, 9.17) is 4.42 Å². The Hall–Kier alpha value is -2.18. The highest BCUT2D eigenvalue weighted by Crippen LogP contribution is 2.26. The molecule has 5 nitrogen and oxygen atoms in total. The first-order chi connectivity index (χ1) is 11.8. The number of aliphatic hydroxyl groups is 1. The first-order valence-corrected chi connectivity index (χ1v) is 8.41. The maximum Gasteiger partial charge on any atom is 0.290 e. The molecule has 3 rings (SSSR count). The number of β-amino-alcohol motifs (C(OH)–C–C–N with tert-alkyl or cyclic N) is 1. The lowest BCUT2D eigenvalue weighted by molar-refractivity contribution is 0.0172. The number of hydrogen-bond acceptors (Lipinski definition) is 4. The molecule has 1 aliphatic rings. The van der Waals surface area contributed by atoms with Crippen molar-refractivity contribution < 1.29 is 18.7 Å². The molecular weight excluding hydrogens is 323 g/mol. The number of carbonyl (C=O) groups excluding carboxylic acids is 1. The Morgan fingerprint density at radius 3 is 2.40 bits per heavy atom. The van der Waals surface area contributed by atoms with Crippen LogP contribution in [0.5, 0.6) is 0 Å². The maximum atomic E-state index is 13.1. The van der Waals surface area contributed by atoms with E-state index < -0.39 is 5.60 Å². The van der Waals surface area contributed by atoms with Gasteiger partial charge in [0.05, 0.1) is 11.9 Å². The van der Waals surface area contributed by atoms with Crippen LogP contribution in [0.2, 0.25) is 0 Å². The number of piperazine rings is 1. The van der Waals surface area contributed by atoms with E-state index in [0.29, 0.717) is 38.3 Å². The molecule has 0 aliphatic carbocycles. The fourth-order valence-electron chi connectivity index (χ4n) is 3.13. The zero-order valence-corrected chi connectivity index (χ0v) is 14.5. The normalized spacial score (nSPS) is 16.2. The number of carbonyl (C=O) groups is 1. The van der Waals surface area contributed by atoms with Crippen molar-refractivity contribution in [3.63, 3.8) is 0 Å². The van der Waals surface area contributed by atoms with Crippen molar-refractivity contribution in [2.45, 2.75) is 19.4 Å². The van der Waals surface area contributed by atoms with Crippen LogP contribution in [0.3, 0.4) is 0 Å². The van der Waals surface area contributed by atoms with Gasteiger partial charge in [0.25, 0.3) is 5.91 Å². The summed E-state index contributed by atoms with van der Waals surface area (Å²) in [6.45, 7) is 6.73. The lowest BCUT2D eigenvalue weighted by atomic mass is 10.1. The van der Waals surface area contributed by atoms with Gasteiger partial charge in [-0.3, -0.25) is 9.69 Å². The summed E-state index contributed by atoms with van der Waals surface area (Å²) >= 11 is 0. The fraction of sp³-hybridized carbons (Fsp3) is 0.421. The smallest absolute Gasteiger partial charge is 0.290 e. The second-order valence-electron chi connectivity index (χ2n) is 7.05. The number of benzene rings is 1.